The second-order valence-corrected chi connectivity index (χ2v) is 4.01. The number of rotatable bonds is 3. The van der Waals surface area contributed by atoms with Gasteiger partial charge in [-0.3, -0.25) is 4.79 Å². The van der Waals surface area contributed by atoms with Gasteiger partial charge in [0.25, 0.3) is 0 Å². The molecule has 3 heteroatoms. The molecule has 0 aromatic heterocycles. The average molecular weight is 239 g/mol. The summed E-state index contributed by atoms with van der Waals surface area (Å²) in [7, 11) is 1.35. The molecule has 2 aromatic carbocycles. The molecule has 0 N–H and O–H groups in total. The number of methoxy groups -OCH3 is 1. The molecule has 0 spiro atoms. The summed E-state index contributed by atoms with van der Waals surface area (Å²) >= 11 is 0. The van der Waals surface area contributed by atoms with Gasteiger partial charge in [-0.2, -0.15) is 5.26 Å². The predicted octanol–water partition coefficient (Wildman–Crippen LogP) is 3.01. The third-order valence-electron chi connectivity index (χ3n) is 2.98. The van der Waals surface area contributed by atoms with Crippen molar-refractivity contribution >= 4 is 16.7 Å². The zero-order valence-corrected chi connectivity index (χ0v) is 10.1. The summed E-state index contributed by atoms with van der Waals surface area (Å²) in [6.07, 6.45) is 0.126. The fourth-order valence-electron chi connectivity index (χ4n) is 2.11. The molecule has 0 heterocycles. The van der Waals surface area contributed by atoms with Gasteiger partial charge in [0.1, 0.15) is 0 Å². The van der Waals surface area contributed by atoms with Crippen molar-refractivity contribution in [2.45, 2.75) is 12.3 Å². The monoisotopic (exact) mass is 239 g/mol. The second-order valence-electron chi connectivity index (χ2n) is 4.01. The highest BCUT2D eigenvalue weighted by molar-refractivity contribution is 5.91. The summed E-state index contributed by atoms with van der Waals surface area (Å²) in [6, 6.07) is 15.6. The molecule has 0 radical (unpaired) electrons. The zero-order chi connectivity index (χ0) is 13.0. The van der Waals surface area contributed by atoms with Crippen LogP contribution in [0.1, 0.15) is 17.9 Å². The molecule has 0 fully saturated rings. The Morgan fingerprint density at radius 2 is 2.00 bits per heavy atom. The lowest BCUT2D eigenvalue weighted by atomic mass is 9.91. The molecule has 0 saturated carbocycles. The number of benzene rings is 2. The Hall–Kier alpha value is -2.34. The van der Waals surface area contributed by atoms with Crippen LogP contribution >= 0.6 is 0 Å². The van der Waals surface area contributed by atoms with Gasteiger partial charge in [0, 0.05) is 0 Å². The van der Waals surface area contributed by atoms with Crippen LogP contribution in [0.5, 0.6) is 0 Å². The van der Waals surface area contributed by atoms with Crippen molar-refractivity contribution in [3.05, 3.63) is 48.0 Å². The third kappa shape index (κ3) is 2.18. The van der Waals surface area contributed by atoms with Gasteiger partial charge in [0.05, 0.1) is 25.5 Å². The number of hydrogen-bond donors (Lipinski definition) is 0. The minimum atomic E-state index is -0.522. The van der Waals surface area contributed by atoms with Crippen molar-refractivity contribution in [3.8, 4) is 6.07 Å². The number of hydrogen-bond acceptors (Lipinski definition) is 3. The van der Waals surface area contributed by atoms with Crippen LogP contribution in [0.2, 0.25) is 0 Å². The lowest BCUT2D eigenvalue weighted by molar-refractivity contribution is -0.142. The van der Waals surface area contributed by atoms with Crippen LogP contribution in [0.15, 0.2) is 42.5 Å². The van der Waals surface area contributed by atoms with E-state index >= 15 is 0 Å². The quantitative estimate of drug-likeness (QED) is 0.773. The fraction of sp³-hybridized carbons (Fsp3) is 0.200. The smallest absolute Gasteiger partial charge is 0.314 e. The van der Waals surface area contributed by atoms with E-state index in [0.29, 0.717) is 0 Å². The molecule has 1 atom stereocenters. The molecule has 0 aliphatic heterocycles. The van der Waals surface area contributed by atoms with Crippen LogP contribution in [0.3, 0.4) is 0 Å². The minimum absolute atomic E-state index is 0.126. The molecule has 2 rings (SSSR count). The highest BCUT2D eigenvalue weighted by Gasteiger charge is 2.22. The standard InChI is InChI=1S/C15H13NO2/c1-18-15(17)14(9-10-16)13-8-4-6-11-5-2-3-7-12(11)13/h2-8,14H,9H2,1H3/t14-/m0/s1. The Morgan fingerprint density at radius 1 is 1.28 bits per heavy atom. The van der Waals surface area contributed by atoms with Gasteiger partial charge in [0.2, 0.25) is 0 Å². The molecule has 0 amide bonds. The largest absolute Gasteiger partial charge is 0.469 e. The van der Waals surface area contributed by atoms with E-state index in [1.807, 2.05) is 48.5 Å². The van der Waals surface area contributed by atoms with Gasteiger partial charge in [-0.15, -0.1) is 0 Å². The minimum Gasteiger partial charge on any atom is -0.469 e. The first kappa shape index (κ1) is 12.1. The maximum atomic E-state index is 11.8. The maximum Gasteiger partial charge on any atom is 0.314 e. The Labute approximate surface area is 106 Å². The highest BCUT2D eigenvalue weighted by atomic mass is 16.5. The Morgan fingerprint density at radius 3 is 2.72 bits per heavy atom. The van der Waals surface area contributed by atoms with Gasteiger partial charge in [-0.05, 0) is 16.3 Å². The van der Waals surface area contributed by atoms with Crippen LogP contribution in [0.4, 0.5) is 0 Å². The molecule has 0 unspecified atom stereocenters. The SMILES string of the molecule is COC(=O)[C@@H](CC#N)c1cccc2ccccc12. The number of fused-ring (bicyclic) bond motifs is 1. The molecular formula is C15H13NO2. The number of esters is 1. The second kappa shape index (κ2) is 5.33. The molecule has 0 aliphatic carbocycles. The van der Waals surface area contributed by atoms with Crippen molar-refractivity contribution in [2.24, 2.45) is 0 Å². The number of ether oxygens (including phenoxy) is 1. The van der Waals surface area contributed by atoms with Crippen molar-refractivity contribution in [1.29, 1.82) is 5.26 Å². The summed E-state index contributed by atoms with van der Waals surface area (Å²) in [5.41, 5.74) is 0.849. The van der Waals surface area contributed by atoms with Crippen molar-refractivity contribution in [2.75, 3.05) is 7.11 Å². The molecule has 18 heavy (non-hydrogen) atoms. The highest BCUT2D eigenvalue weighted by Crippen LogP contribution is 2.28. The van der Waals surface area contributed by atoms with Crippen LogP contribution < -0.4 is 0 Å². The summed E-state index contributed by atoms with van der Waals surface area (Å²) in [5, 5.41) is 10.9. The normalized spacial score (nSPS) is 11.8. The lowest BCUT2D eigenvalue weighted by Gasteiger charge is -2.14. The van der Waals surface area contributed by atoms with Gasteiger partial charge < -0.3 is 4.74 Å². The maximum absolute atomic E-state index is 11.8. The van der Waals surface area contributed by atoms with Crippen LogP contribution in [-0.4, -0.2) is 13.1 Å². The number of nitrogens with zero attached hydrogens (tertiary/aromatic N) is 1. The summed E-state index contributed by atoms with van der Waals surface area (Å²) in [4.78, 5) is 11.8. The molecule has 0 bridgehead atoms. The average Bonchev–Trinajstić information content (AvgIpc) is 2.43. The number of carbonyl (C=O) groups is 1. The van der Waals surface area contributed by atoms with Crippen LogP contribution in [0.25, 0.3) is 10.8 Å². The molecule has 3 nitrogen and oxygen atoms in total. The van der Waals surface area contributed by atoms with E-state index in [4.69, 9.17) is 10.00 Å². The van der Waals surface area contributed by atoms with E-state index in [-0.39, 0.29) is 12.4 Å². The van der Waals surface area contributed by atoms with Gasteiger partial charge in [-0.25, -0.2) is 0 Å². The molecule has 0 saturated heterocycles. The topological polar surface area (TPSA) is 50.1 Å². The Balaban J connectivity index is 2.57. The number of carbonyl (C=O) groups excluding carboxylic acids is 1. The Kier molecular flexibility index (Phi) is 3.59. The van der Waals surface area contributed by atoms with E-state index in [1.54, 1.807) is 0 Å². The summed E-state index contributed by atoms with van der Waals surface area (Å²) < 4.78 is 4.78. The van der Waals surface area contributed by atoms with Crippen molar-refractivity contribution < 1.29 is 9.53 Å². The van der Waals surface area contributed by atoms with E-state index in [9.17, 15) is 4.79 Å². The van der Waals surface area contributed by atoms with Crippen molar-refractivity contribution in [3.63, 3.8) is 0 Å². The first-order valence-electron chi connectivity index (χ1n) is 5.70. The molecule has 90 valence electrons. The molecular weight excluding hydrogens is 226 g/mol. The first-order valence-corrected chi connectivity index (χ1v) is 5.70. The zero-order valence-electron chi connectivity index (χ0n) is 10.1. The van der Waals surface area contributed by atoms with Gasteiger partial charge >= 0.3 is 5.97 Å². The van der Waals surface area contributed by atoms with E-state index in [0.717, 1.165) is 16.3 Å². The third-order valence-corrected chi connectivity index (χ3v) is 2.98. The summed E-state index contributed by atoms with van der Waals surface area (Å²) in [6.45, 7) is 0. The lowest BCUT2D eigenvalue weighted by Crippen LogP contribution is -2.14. The number of nitriles is 1. The fourth-order valence-corrected chi connectivity index (χ4v) is 2.11. The molecule has 2 aromatic rings. The Bertz CT molecular complexity index is 608. The van der Waals surface area contributed by atoms with E-state index in [1.165, 1.54) is 7.11 Å². The first-order chi connectivity index (χ1) is 8.77. The van der Waals surface area contributed by atoms with E-state index < -0.39 is 5.92 Å². The van der Waals surface area contributed by atoms with Gasteiger partial charge in [0.15, 0.2) is 0 Å². The van der Waals surface area contributed by atoms with Crippen LogP contribution in [-0.2, 0) is 9.53 Å². The van der Waals surface area contributed by atoms with Gasteiger partial charge in [-0.1, -0.05) is 42.5 Å². The predicted molar refractivity (Wildman–Crippen MR) is 68.9 cm³/mol. The van der Waals surface area contributed by atoms with E-state index in [2.05, 4.69) is 0 Å². The molecule has 0 aliphatic rings. The summed E-state index contributed by atoms with van der Waals surface area (Å²) in [5.74, 6) is -0.890. The van der Waals surface area contributed by atoms with Crippen molar-refractivity contribution in [1.82, 2.24) is 0 Å². The van der Waals surface area contributed by atoms with Crippen LogP contribution in [0, 0.1) is 11.3 Å².